The van der Waals surface area contributed by atoms with Crippen molar-refractivity contribution in [2.45, 2.75) is 64.3 Å². The lowest BCUT2D eigenvalue weighted by molar-refractivity contribution is -0.138. The zero-order valence-electron chi connectivity index (χ0n) is 19.5. The summed E-state index contributed by atoms with van der Waals surface area (Å²) in [5.41, 5.74) is 9.50. The summed E-state index contributed by atoms with van der Waals surface area (Å²) in [5.74, 6) is -0.692. The number of azide groups is 1. The number of piperidine rings is 1. The van der Waals surface area contributed by atoms with Crippen LogP contribution in [0.2, 0.25) is 0 Å². The van der Waals surface area contributed by atoms with E-state index in [0.717, 1.165) is 19.4 Å². The van der Waals surface area contributed by atoms with E-state index in [1.54, 1.807) is 13.8 Å². The summed E-state index contributed by atoms with van der Waals surface area (Å²) >= 11 is 0. The molecule has 4 atom stereocenters. The van der Waals surface area contributed by atoms with Crippen molar-refractivity contribution in [2.24, 2.45) is 5.11 Å². The third-order valence-electron chi connectivity index (χ3n) is 5.52. The number of nitrogens with one attached hydrogen (secondary N) is 2. The molecule has 2 aliphatic rings. The molecule has 0 spiro atoms. The number of carbonyl (C=O) groups is 3. The van der Waals surface area contributed by atoms with Gasteiger partial charge >= 0.3 is 12.1 Å². The van der Waals surface area contributed by atoms with Crippen LogP contribution in [0.5, 0.6) is 0 Å². The van der Waals surface area contributed by atoms with Gasteiger partial charge in [0.1, 0.15) is 0 Å². The number of ether oxygens (including phenoxy) is 3. The van der Waals surface area contributed by atoms with Crippen LogP contribution in [0, 0.1) is 0 Å². The fourth-order valence-corrected chi connectivity index (χ4v) is 4.19. The lowest BCUT2D eigenvalue weighted by atomic mass is 9.85. The van der Waals surface area contributed by atoms with Crippen LogP contribution in [0.1, 0.15) is 40.0 Å². The lowest BCUT2D eigenvalue weighted by Gasteiger charge is -2.44. The molecule has 0 bridgehead atoms. The molecule has 1 aliphatic carbocycles. The van der Waals surface area contributed by atoms with E-state index in [2.05, 4.69) is 25.6 Å². The number of esters is 1. The average molecular weight is 467 g/mol. The van der Waals surface area contributed by atoms with Crippen molar-refractivity contribution in [1.29, 1.82) is 0 Å². The maximum atomic E-state index is 12.4. The van der Waals surface area contributed by atoms with Crippen molar-refractivity contribution in [3.63, 3.8) is 0 Å². The molecular formula is C21H34N6O6. The lowest BCUT2D eigenvalue weighted by Crippen LogP contribution is -2.60. The molecular weight excluding hydrogens is 432 g/mol. The van der Waals surface area contributed by atoms with Crippen molar-refractivity contribution in [1.82, 2.24) is 15.5 Å². The first-order valence-corrected chi connectivity index (χ1v) is 11.3. The minimum absolute atomic E-state index is 0.0833. The second-order valence-corrected chi connectivity index (χ2v) is 7.88. The van der Waals surface area contributed by atoms with Gasteiger partial charge in [0.15, 0.2) is 0 Å². The van der Waals surface area contributed by atoms with Gasteiger partial charge < -0.3 is 24.8 Å². The molecule has 2 N–H and O–H groups in total. The maximum absolute atomic E-state index is 12.4. The summed E-state index contributed by atoms with van der Waals surface area (Å²) < 4.78 is 15.9. The molecule has 0 radical (unpaired) electrons. The second-order valence-electron chi connectivity index (χ2n) is 7.88. The first-order chi connectivity index (χ1) is 15.9. The summed E-state index contributed by atoms with van der Waals surface area (Å²) in [6, 6.07) is -1.47. The molecule has 0 aromatic rings. The van der Waals surface area contributed by atoms with Crippen molar-refractivity contribution in [3.8, 4) is 0 Å². The highest BCUT2D eigenvalue weighted by atomic mass is 16.5. The third-order valence-corrected chi connectivity index (χ3v) is 5.52. The van der Waals surface area contributed by atoms with Gasteiger partial charge in [-0.05, 0) is 45.2 Å². The highest BCUT2D eigenvalue weighted by Crippen LogP contribution is 2.29. The molecule has 1 heterocycles. The summed E-state index contributed by atoms with van der Waals surface area (Å²) in [7, 11) is 0. The van der Waals surface area contributed by atoms with E-state index in [-0.39, 0.29) is 31.1 Å². The number of hydrogen-bond acceptors (Lipinski definition) is 8. The smallest absolute Gasteiger partial charge is 0.407 e. The SMILES string of the molecule is CCOC(=O)NCCO[C@H]1CCCN([C@@H]2C=C(C(=O)OCC)C[C@H](N=[N+]=[N-])[C@H]2NC(C)=O)C1. The van der Waals surface area contributed by atoms with Gasteiger partial charge in [-0.1, -0.05) is 11.2 Å². The van der Waals surface area contributed by atoms with E-state index >= 15 is 0 Å². The molecule has 33 heavy (non-hydrogen) atoms. The molecule has 1 fully saturated rings. The first kappa shape index (κ1) is 26.4. The predicted octanol–water partition coefficient (Wildman–Crippen LogP) is 1.66. The minimum Gasteiger partial charge on any atom is -0.463 e. The van der Waals surface area contributed by atoms with Crippen LogP contribution < -0.4 is 10.6 Å². The molecule has 12 nitrogen and oxygen atoms in total. The van der Waals surface area contributed by atoms with Crippen molar-refractivity contribution in [2.75, 3.05) is 39.5 Å². The van der Waals surface area contributed by atoms with Gasteiger partial charge in [0, 0.05) is 36.5 Å². The predicted molar refractivity (Wildman–Crippen MR) is 119 cm³/mol. The van der Waals surface area contributed by atoms with E-state index in [9.17, 15) is 14.4 Å². The van der Waals surface area contributed by atoms with Gasteiger partial charge in [-0.15, -0.1) is 0 Å². The molecule has 2 amide bonds. The molecule has 2 rings (SSSR count). The number of nitrogens with zero attached hydrogens (tertiary/aromatic N) is 4. The summed E-state index contributed by atoms with van der Waals surface area (Å²) in [4.78, 5) is 40.8. The van der Waals surface area contributed by atoms with E-state index in [4.69, 9.17) is 19.7 Å². The van der Waals surface area contributed by atoms with Crippen LogP contribution in [-0.4, -0.2) is 86.6 Å². The van der Waals surface area contributed by atoms with Crippen LogP contribution in [-0.2, 0) is 23.8 Å². The van der Waals surface area contributed by atoms with Crippen LogP contribution >= 0.6 is 0 Å². The Balaban J connectivity index is 2.12. The highest BCUT2D eigenvalue weighted by molar-refractivity contribution is 5.89. The highest BCUT2D eigenvalue weighted by Gasteiger charge is 2.40. The maximum Gasteiger partial charge on any atom is 0.407 e. The Morgan fingerprint density at radius 2 is 2.03 bits per heavy atom. The summed E-state index contributed by atoms with van der Waals surface area (Å²) in [6.07, 6.45) is 3.15. The normalized spacial score (nSPS) is 25.2. The van der Waals surface area contributed by atoms with Gasteiger partial charge in [0.25, 0.3) is 0 Å². The van der Waals surface area contributed by atoms with Crippen LogP contribution in [0.25, 0.3) is 10.4 Å². The number of carbonyl (C=O) groups excluding carboxylic acids is 3. The number of rotatable bonds is 10. The van der Waals surface area contributed by atoms with E-state index in [1.807, 2.05) is 6.08 Å². The Bertz CT molecular complexity index is 768. The zero-order chi connectivity index (χ0) is 24.2. The second kappa shape index (κ2) is 13.7. The molecule has 0 aromatic carbocycles. The topological polar surface area (TPSA) is 155 Å². The molecule has 1 saturated heterocycles. The number of amides is 2. The number of alkyl carbamates (subject to hydrolysis) is 1. The fraction of sp³-hybridized carbons (Fsp3) is 0.762. The summed E-state index contributed by atoms with van der Waals surface area (Å²) in [6.45, 7) is 7.39. The van der Waals surface area contributed by atoms with E-state index < -0.39 is 24.1 Å². The quantitative estimate of drug-likeness (QED) is 0.163. The molecule has 0 aromatic heterocycles. The monoisotopic (exact) mass is 466 g/mol. The standard InChI is InChI=1S/C21H34N6O6/c1-4-31-20(29)15-11-17(25-26-22)19(24-14(3)28)18(12-15)27-9-6-7-16(13-27)33-10-8-23-21(30)32-5-2/h12,16-19H,4-11,13H2,1-3H3,(H,23,30)(H,24,28)/t16-,17-,18+,19+/m0/s1. The number of hydrogen-bond donors (Lipinski definition) is 2. The average Bonchev–Trinajstić information content (AvgIpc) is 2.78. The van der Waals surface area contributed by atoms with Crippen molar-refractivity contribution < 1.29 is 28.6 Å². The fourth-order valence-electron chi connectivity index (χ4n) is 4.19. The molecule has 0 saturated carbocycles. The Hall–Kier alpha value is -2.82. The Morgan fingerprint density at radius 3 is 2.70 bits per heavy atom. The molecule has 12 heteroatoms. The van der Waals surface area contributed by atoms with Crippen molar-refractivity contribution >= 4 is 18.0 Å². The van der Waals surface area contributed by atoms with Gasteiger partial charge in [0.05, 0.1) is 38.0 Å². The number of likely N-dealkylation sites (tertiary alicyclic amines) is 1. The van der Waals surface area contributed by atoms with Crippen LogP contribution in [0.3, 0.4) is 0 Å². The Labute approximate surface area is 193 Å². The van der Waals surface area contributed by atoms with Gasteiger partial charge in [-0.3, -0.25) is 9.69 Å². The summed E-state index contributed by atoms with van der Waals surface area (Å²) in [5, 5.41) is 9.40. The van der Waals surface area contributed by atoms with Crippen molar-refractivity contribution in [3.05, 3.63) is 22.1 Å². The first-order valence-electron chi connectivity index (χ1n) is 11.3. The van der Waals surface area contributed by atoms with Crippen LogP contribution in [0.4, 0.5) is 4.79 Å². The zero-order valence-corrected chi connectivity index (χ0v) is 19.5. The van der Waals surface area contributed by atoms with Crippen LogP contribution in [0.15, 0.2) is 16.8 Å². The molecule has 0 unspecified atom stereocenters. The van der Waals surface area contributed by atoms with E-state index in [0.29, 0.717) is 31.9 Å². The largest absolute Gasteiger partial charge is 0.463 e. The third kappa shape index (κ3) is 8.23. The Kier molecular flexibility index (Phi) is 10.9. The minimum atomic E-state index is -0.622. The van der Waals surface area contributed by atoms with Gasteiger partial charge in [0.2, 0.25) is 5.91 Å². The van der Waals surface area contributed by atoms with E-state index in [1.165, 1.54) is 6.92 Å². The molecule has 184 valence electrons. The van der Waals surface area contributed by atoms with Gasteiger partial charge in [-0.25, -0.2) is 9.59 Å². The Morgan fingerprint density at radius 1 is 1.27 bits per heavy atom. The van der Waals surface area contributed by atoms with Gasteiger partial charge in [-0.2, -0.15) is 0 Å². The molecule has 1 aliphatic heterocycles.